The molecule has 2 aromatic carbocycles. The van der Waals surface area contributed by atoms with E-state index in [4.69, 9.17) is 39.2 Å². The lowest BCUT2D eigenvalue weighted by Gasteiger charge is -2.09. The molecule has 3 rings (SSSR count). The van der Waals surface area contributed by atoms with Gasteiger partial charge < -0.3 is 15.1 Å². The first-order valence-electron chi connectivity index (χ1n) is 8.33. The molecule has 0 unspecified atom stereocenters. The predicted octanol–water partition coefficient (Wildman–Crippen LogP) is 6.51. The number of hydrogen-bond donors (Lipinski definition) is 2. The normalized spacial score (nSPS) is 10.6. The Bertz CT molecular complexity index is 1050. The van der Waals surface area contributed by atoms with E-state index in [1.165, 1.54) is 6.07 Å². The summed E-state index contributed by atoms with van der Waals surface area (Å²) < 4.78 is 5.62. The molecule has 0 radical (unpaired) electrons. The molecule has 0 bridgehead atoms. The lowest BCUT2D eigenvalue weighted by Crippen LogP contribution is -2.13. The van der Waals surface area contributed by atoms with Crippen molar-refractivity contribution < 1.29 is 14.0 Å². The van der Waals surface area contributed by atoms with Gasteiger partial charge in [0.2, 0.25) is 5.91 Å². The van der Waals surface area contributed by atoms with Gasteiger partial charge in [0.15, 0.2) is 5.76 Å². The SMILES string of the molecule is CCC(=O)Nc1ccc(Cl)c(NC(=O)c2ccc(-c3ccc(Cl)cc3Cl)o2)c1. The molecule has 0 fully saturated rings. The number of amides is 2. The highest BCUT2D eigenvalue weighted by Crippen LogP contribution is 2.32. The van der Waals surface area contributed by atoms with E-state index in [0.29, 0.717) is 44.2 Å². The molecule has 0 saturated carbocycles. The summed E-state index contributed by atoms with van der Waals surface area (Å²) in [5, 5.41) is 6.63. The number of hydrogen-bond acceptors (Lipinski definition) is 3. The van der Waals surface area contributed by atoms with E-state index < -0.39 is 5.91 Å². The Morgan fingerprint density at radius 2 is 1.71 bits per heavy atom. The fourth-order valence-electron chi connectivity index (χ4n) is 2.43. The molecule has 5 nitrogen and oxygen atoms in total. The van der Waals surface area contributed by atoms with Crippen molar-refractivity contribution in [3.05, 3.63) is 69.4 Å². The third-order valence-electron chi connectivity index (χ3n) is 3.85. The number of benzene rings is 2. The minimum Gasteiger partial charge on any atom is -0.451 e. The fourth-order valence-corrected chi connectivity index (χ4v) is 3.09. The van der Waals surface area contributed by atoms with E-state index >= 15 is 0 Å². The van der Waals surface area contributed by atoms with Crippen molar-refractivity contribution in [3.63, 3.8) is 0 Å². The summed E-state index contributed by atoms with van der Waals surface area (Å²) in [5.74, 6) is -0.116. The Hall–Kier alpha value is -2.47. The standard InChI is InChI=1S/C20H15Cl3N2O3/c1-2-19(26)24-12-4-6-14(22)16(10-12)25-20(27)18-8-7-17(28-18)13-5-3-11(21)9-15(13)23/h3-10H,2H2,1H3,(H,24,26)(H,25,27). The molecule has 8 heteroatoms. The predicted molar refractivity (Wildman–Crippen MR) is 112 cm³/mol. The maximum Gasteiger partial charge on any atom is 0.291 e. The maximum atomic E-state index is 12.5. The Balaban J connectivity index is 1.79. The van der Waals surface area contributed by atoms with Crippen LogP contribution in [0.5, 0.6) is 0 Å². The van der Waals surface area contributed by atoms with Crippen molar-refractivity contribution in [2.75, 3.05) is 10.6 Å². The van der Waals surface area contributed by atoms with E-state index in [0.717, 1.165) is 0 Å². The Kier molecular flexibility index (Phi) is 6.29. The van der Waals surface area contributed by atoms with Crippen LogP contribution in [0.2, 0.25) is 15.1 Å². The Morgan fingerprint density at radius 3 is 2.43 bits per heavy atom. The third kappa shape index (κ3) is 4.68. The number of anilines is 2. The van der Waals surface area contributed by atoms with Crippen LogP contribution in [0, 0.1) is 0 Å². The first-order valence-corrected chi connectivity index (χ1v) is 9.46. The number of carbonyl (C=O) groups is 2. The lowest BCUT2D eigenvalue weighted by molar-refractivity contribution is -0.115. The van der Waals surface area contributed by atoms with E-state index in [1.54, 1.807) is 49.4 Å². The van der Waals surface area contributed by atoms with Crippen LogP contribution < -0.4 is 10.6 Å². The fraction of sp³-hybridized carbons (Fsp3) is 0.100. The van der Waals surface area contributed by atoms with E-state index in [9.17, 15) is 9.59 Å². The number of carbonyl (C=O) groups excluding carboxylic acids is 2. The molecule has 1 aromatic heterocycles. The highest BCUT2D eigenvalue weighted by atomic mass is 35.5. The van der Waals surface area contributed by atoms with Crippen LogP contribution in [0.15, 0.2) is 52.9 Å². The molecule has 0 saturated heterocycles. The van der Waals surface area contributed by atoms with Crippen LogP contribution in [0.3, 0.4) is 0 Å². The molecule has 144 valence electrons. The quantitative estimate of drug-likeness (QED) is 0.478. The van der Waals surface area contributed by atoms with Gasteiger partial charge in [-0.1, -0.05) is 41.7 Å². The molecular weight excluding hydrogens is 423 g/mol. The van der Waals surface area contributed by atoms with Crippen LogP contribution in [0.25, 0.3) is 11.3 Å². The molecule has 0 aliphatic carbocycles. The topological polar surface area (TPSA) is 71.3 Å². The molecule has 0 aliphatic rings. The van der Waals surface area contributed by atoms with Crippen LogP contribution in [0.1, 0.15) is 23.9 Å². The third-order valence-corrected chi connectivity index (χ3v) is 4.72. The second-order valence-electron chi connectivity index (χ2n) is 5.84. The summed E-state index contributed by atoms with van der Waals surface area (Å²) in [5.41, 5.74) is 1.50. The summed E-state index contributed by atoms with van der Waals surface area (Å²) in [6.45, 7) is 1.75. The highest BCUT2D eigenvalue weighted by Gasteiger charge is 2.16. The molecular formula is C20H15Cl3N2O3. The molecule has 3 aromatic rings. The van der Waals surface area contributed by atoms with Crippen molar-refractivity contribution in [2.24, 2.45) is 0 Å². The lowest BCUT2D eigenvalue weighted by atomic mass is 10.2. The van der Waals surface area contributed by atoms with Crippen LogP contribution >= 0.6 is 34.8 Å². The average molecular weight is 438 g/mol. The van der Waals surface area contributed by atoms with E-state index in [1.807, 2.05) is 0 Å². The van der Waals surface area contributed by atoms with Gasteiger partial charge >= 0.3 is 0 Å². The molecule has 1 heterocycles. The second-order valence-corrected chi connectivity index (χ2v) is 7.09. The van der Waals surface area contributed by atoms with Gasteiger partial charge in [-0.2, -0.15) is 0 Å². The van der Waals surface area contributed by atoms with Gasteiger partial charge in [0.05, 0.1) is 15.7 Å². The van der Waals surface area contributed by atoms with Crippen molar-refractivity contribution in [2.45, 2.75) is 13.3 Å². The smallest absolute Gasteiger partial charge is 0.291 e. The van der Waals surface area contributed by atoms with Gasteiger partial charge in [0, 0.05) is 22.7 Å². The van der Waals surface area contributed by atoms with Gasteiger partial charge in [-0.25, -0.2) is 0 Å². The zero-order valence-electron chi connectivity index (χ0n) is 14.7. The summed E-state index contributed by atoms with van der Waals surface area (Å²) in [6, 6.07) is 13.0. The van der Waals surface area contributed by atoms with Crippen LogP contribution in [-0.4, -0.2) is 11.8 Å². The van der Waals surface area contributed by atoms with Gasteiger partial charge in [0.1, 0.15) is 5.76 Å². The molecule has 0 aliphatic heterocycles. The zero-order chi connectivity index (χ0) is 20.3. The minimum absolute atomic E-state index is 0.0834. The maximum absolute atomic E-state index is 12.5. The number of furan rings is 1. The van der Waals surface area contributed by atoms with Crippen molar-refractivity contribution in [3.8, 4) is 11.3 Å². The zero-order valence-corrected chi connectivity index (χ0v) is 17.0. The van der Waals surface area contributed by atoms with Crippen molar-refractivity contribution >= 4 is 58.0 Å². The summed E-state index contributed by atoms with van der Waals surface area (Å²) >= 11 is 18.2. The molecule has 0 atom stereocenters. The van der Waals surface area contributed by atoms with E-state index in [2.05, 4.69) is 10.6 Å². The molecule has 2 N–H and O–H groups in total. The van der Waals surface area contributed by atoms with E-state index in [-0.39, 0.29) is 11.7 Å². The Labute approximate surface area is 176 Å². The summed E-state index contributed by atoms with van der Waals surface area (Å²) in [4.78, 5) is 24.1. The molecule has 2 amide bonds. The van der Waals surface area contributed by atoms with Crippen molar-refractivity contribution in [1.82, 2.24) is 0 Å². The average Bonchev–Trinajstić information content (AvgIpc) is 3.14. The van der Waals surface area contributed by atoms with Gasteiger partial charge in [0.25, 0.3) is 5.91 Å². The first-order chi connectivity index (χ1) is 13.4. The highest BCUT2D eigenvalue weighted by molar-refractivity contribution is 6.36. The first kappa shape index (κ1) is 20.3. The second kappa shape index (κ2) is 8.69. The van der Waals surface area contributed by atoms with Crippen molar-refractivity contribution in [1.29, 1.82) is 0 Å². The van der Waals surface area contributed by atoms with Gasteiger partial charge in [-0.3, -0.25) is 9.59 Å². The van der Waals surface area contributed by atoms with Gasteiger partial charge in [-0.05, 0) is 48.5 Å². The monoisotopic (exact) mass is 436 g/mol. The summed E-state index contributed by atoms with van der Waals surface area (Å²) in [7, 11) is 0. The Morgan fingerprint density at radius 1 is 0.929 bits per heavy atom. The molecule has 0 spiro atoms. The minimum atomic E-state index is -0.489. The largest absolute Gasteiger partial charge is 0.451 e. The van der Waals surface area contributed by atoms with Crippen LogP contribution in [-0.2, 0) is 4.79 Å². The molecule has 28 heavy (non-hydrogen) atoms. The number of nitrogens with one attached hydrogen (secondary N) is 2. The summed E-state index contributed by atoms with van der Waals surface area (Å²) in [6.07, 6.45) is 0.340. The van der Waals surface area contributed by atoms with Gasteiger partial charge in [-0.15, -0.1) is 0 Å². The number of halogens is 3. The number of rotatable bonds is 5. The van der Waals surface area contributed by atoms with Crippen LogP contribution in [0.4, 0.5) is 11.4 Å².